The van der Waals surface area contributed by atoms with Crippen LogP contribution < -0.4 is 10.1 Å². The number of amides is 2. The third-order valence-corrected chi connectivity index (χ3v) is 6.50. The van der Waals surface area contributed by atoms with Gasteiger partial charge in [0.1, 0.15) is 5.75 Å². The Morgan fingerprint density at radius 1 is 1.18 bits per heavy atom. The Kier molecular flexibility index (Phi) is 7.22. The van der Waals surface area contributed by atoms with E-state index in [2.05, 4.69) is 24.1 Å². The molecule has 0 bridgehead atoms. The summed E-state index contributed by atoms with van der Waals surface area (Å²) in [5.41, 5.74) is 1.12. The molecule has 3 rings (SSSR count). The molecular weight excluding hydrogens is 350 g/mol. The van der Waals surface area contributed by atoms with Gasteiger partial charge in [-0.05, 0) is 68.3 Å². The number of urea groups is 1. The number of nitrogens with zero attached hydrogens (tertiary/aromatic N) is 2. The van der Waals surface area contributed by atoms with Crippen LogP contribution in [-0.2, 0) is 0 Å². The molecule has 5 nitrogen and oxygen atoms in total. The standard InChI is InChI=1S/C23H37N3O2/c1-17(2)22(18-10-12-20(28-4)13-11-18)24-23(27)25(3)16-19-8-7-15-26-14-6-5-9-21(19)26/h10-13,17,19,21-22H,5-9,14-16H2,1-4H3,(H,24,27)/t19-,21+,22-/m0/s1. The summed E-state index contributed by atoms with van der Waals surface area (Å²) in [6.07, 6.45) is 6.46. The molecular formula is C23H37N3O2. The van der Waals surface area contributed by atoms with Crippen LogP contribution in [-0.4, -0.2) is 55.7 Å². The average molecular weight is 388 g/mol. The second-order valence-corrected chi connectivity index (χ2v) is 8.83. The molecule has 2 aliphatic rings. The SMILES string of the molecule is COc1ccc([C@@H](NC(=O)N(C)C[C@@H]2CCCN3CCCC[C@H]23)C(C)C)cc1. The zero-order valence-corrected chi connectivity index (χ0v) is 18.0. The number of benzene rings is 1. The molecule has 2 saturated heterocycles. The second kappa shape index (κ2) is 9.64. The van der Waals surface area contributed by atoms with Crippen LogP contribution in [0.25, 0.3) is 0 Å². The molecule has 2 fully saturated rings. The number of rotatable bonds is 6. The molecule has 0 aromatic heterocycles. The number of ether oxygens (including phenoxy) is 1. The molecule has 0 saturated carbocycles. The second-order valence-electron chi connectivity index (χ2n) is 8.83. The topological polar surface area (TPSA) is 44.8 Å². The number of fused-ring (bicyclic) bond motifs is 1. The first-order chi connectivity index (χ1) is 13.5. The fraction of sp³-hybridized carbons (Fsp3) is 0.696. The van der Waals surface area contributed by atoms with Crippen LogP contribution in [0.1, 0.15) is 57.6 Å². The fourth-order valence-corrected chi connectivity index (χ4v) is 4.91. The lowest BCUT2D eigenvalue weighted by Crippen LogP contribution is -2.52. The lowest BCUT2D eigenvalue weighted by molar-refractivity contribution is 0.0484. The van der Waals surface area contributed by atoms with E-state index in [1.165, 1.54) is 45.2 Å². The third-order valence-electron chi connectivity index (χ3n) is 6.50. The van der Waals surface area contributed by atoms with Crippen molar-refractivity contribution in [2.24, 2.45) is 11.8 Å². The highest BCUT2D eigenvalue weighted by Gasteiger charge is 2.34. The molecule has 0 unspecified atom stereocenters. The summed E-state index contributed by atoms with van der Waals surface area (Å²) in [4.78, 5) is 17.5. The van der Waals surface area contributed by atoms with Crippen LogP contribution in [0, 0.1) is 11.8 Å². The lowest BCUT2D eigenvalue weighted by Gasteiger charge is -2.45. The summed E-state index contributed by atoms with van der Waals surface area (Å²) in [7, 11) is 3.62. The highest BCUT2D eigenvalue weighted by Crippen LogP contribution is 2.31. The molecule has 0 radical (unpaired) electrons. The summed E-state index contributed by atoms with van der Waals surface area (Å²) in [6, 6.07) is 8.71. The fourth-order valence-electron chi connectivity index (χ4n) is 4.91. The van der Waals surface area contributed by atoms with Gasteiger partial charge in [-0.25, -0.2) is 4.79 Å². The van der Waals surface area contributed by atoms with Crippen LogP contribution in [0.4, 0.5) is 4.79 Å². The first-order valence-electron chi connectivity index (χ1n) is 10.9. The van der Waals surface area contributed by atoms with E-state index in [9.17, 15) is 4.79 Å². The molecule has 5 heteroatoms. The Morgan fingerprint density at radius 3 is 2.57 bits per heavy atom. The van der Waals surface area contributed by atoms with Gasteiger partial charge in [-0.15, -0.1) is 0 Å². The molecule has 0 spiro atoms. The number of hydrogen-bond donors (Lipinski definition) is 1. The molecule has 3 atom stereocenters. The van der Waals surface area contributed by atoms with Gasteiger partial charge in [-0.3, -0.25) is 0 Å². The minimum Gasteiger partial charge on any atom is -0.497 e. The van der Waals surface area contributed by atoms with Crippen molar-refractivity contribution in [3.05, 3.63) is 29.8 Å². The summed E-state index contributed by atoms with van der Waals surface area (Å²) in [5.74, 6) is 1.75. The van der Waals surface area contributed by atoms with Crippen molar-refractivity contribution in [2.75, 3.05) is 33.8 Å². The molecule has 156 valence electrons. The summed E-state index contributed by atoms with van der Waals surface area (Å²) < 4.78 is 5.26. The Labute approximate surface area is 170 Å². The van der Waals surface area contributed by atoms with Crippen LogP contribution in [0.5, 0.6) is 5.75 Å². The van der Waals surface area contributed by atoms with Gasteiger partial charge >= 0.3 is 6.03 Å². The van der Waals surface area contributed by atoms with E-state index in [1.807, 2.05) is 36.2 Å². The van der Waals surface area contributed by atoms with Gasteiger partial charge in [-0.1, -0.05) is 32.4 Å². The molecule has 2 heterocycles. The lowest BCUT2D eigenvalue weighted by atomic mass is 9.83. The number of methoxy groups -OCH3 is 1. The Balaban J connectivity index is 1.61. The predicted molar refractivity (Wildman–Crippen MR) is 114 cm³/mol. The highest BCUT2D eigenvalue weighted by molar-refractivity contribution is 5.74. The van der Waals surface area contributed by atoms with Crippen LogP contribution >= 0.6 is 0 Å². The van der Waals surface area contributed by atoms with E-state index in [0.717, 1.165) is 17.9 Å². The quantitative estimate of drug-likeness (QED) is 0.792. The summed E-state index contributed by atoms with van der Waals surface area (Å²) >= 11 is 0. The van der Waals surface area contributed by atoms with Gasteiger partial charge in [0.25, 0.3) is 0 Å². The monoisotopic (exact) mass is 387 g/mol. The van der Waals surface area contributed by atoms with E-state index in [0.29, 0.717) is 17.9 Å². The minimum absolute atomic E-state index is 0.00149. The maximum atomic E-state index is 13.0. The third kappa shape index (κ3) is 4.99. The van der Waals surface area contributed by atoms with Crippen molar-refractivity contribution in [2.45, 2.75) is 58.0 Å². The van der Waals surface area contributed by atoms with Gasteiger partial charge in [0.2, 0.25) is 0 Å². The van der Waals surface area contributed by atoms with Crippen molar-refractivity contribution in [1.82, 2.24) is 15.1 Å². The minimum atomic E-state index is -0.00149. The maximum Gasteiger partial charge on any atom is 0.317 e. The van der Waals surface area contributed by atoms with Crippen molar-refractivity contribution in [3.63, 3.8) is 0 Å². The first kappa shape index (κ1) is 21.0. The van der Waals surface area contributed by atoms with Crippen molar-refractivity contribution in [3.8, 4) is 5.75 Å². The normalized spacial score (nSPS) is 23.8. The summed E-state index contributed by atoms with van der Waals surface area (Å²) in [5, 5.41) is 3.26. The Morgan fingerprint density at radius 2 is 1.89 bits per heavy atom. The molecule has 1 aromatic carbocycles. The van der Waals surface area contributed by atoms with Gasteiger partial charge in [0.15, 0.2) is 0 Å². The van der Waals surface area contributed by atoms with E-state index in [4.69, 9.17) is 4.74 Å². The first-order valence-corrected chi connectivity index (χ1v) is 10.9. The predicted octanol–water partition coefficient (Wildman–Crippen LogP) is 4.30. The Bertz CT molecular complexity index is 629. The number of nitrogens with one attached hydrogen (secondary N) is 1. The molecule has 1 N–H and O–H groups in total. The van der Waals surface area contributed by atoms with Crippen molar-refractivity contribution < 1.29 is 9.53 Å². The van der Waals surface area contributed by atoms with Gasteiger partial charge < -0.3 is 19.9 Å². The van der Waals surface area contributed by atoms with E-state index in [1.54, 1.807) is 7.11 Å². The molecule has 2 aliphatic heterocycles. The number of carbonyl (C=O) groups excluding carboxylic acids is 1. The van der Waals surface area contributed by atoms with Gasteiger partial charge in [0, 0.05) is 19.6 Å². The van der Waals surface area contributed by atoms with E-state index < -0.39 is 0 Å². The van der Waals surface area contributed by atoms with Crippen LogP contribution in [0.2, 0.25) is 0 Å². The summed E-state index contributed by atoms with van der Waals surface area (Å²) in [6.45, 7) is 7.63. The number of piperidine rings is 2. The average Bonchev–Trinajstić information content (AvgIpc) is 2.72. The van der Waals surface area contributed by atoms with E-state index in [-0.39, 0.29) is 12.1 Å². The van der Waals surface area contributed by atoms with Crippen LogP contribution in [0.15, 0.2) is 24.3 Å². The molecule has 0 aliphatic carbocycles. The van der Waals surface area contributed by atoms with Crippen molar-refractivity contribution >= 4 is 6.03 Å². The largest absolute Gasteiger partial charge is 0.497 e. The smallest absolute Gasteiger partial charge is 0.317 e. The maximum absolute atomic E-state index is 13.0. The van der Waals surface area contributed by atoms with E-state index >= 15 is 0 Å². The highest BCUT2D eigenvalue weighted by atomic mass is 16.5. The van der Waals surface area contributed by atoms with Crippen LogP contribution in [0.3, 0.4) is 0 Å². The molecule has 1 aromatic rings. The number of carbonyl (C=O) groups is 1. The zero-order valence-electron chi connectivity index (χ0n) is 18.0. The van der Waals surface area contributed by atoms with Gasteiger partial charge in [0.05, 0.1) is 13.2 Å². The molecule has 28 heavy (non-hydrogen) atoms. The Hall–Kier alpha value is -1.75. The molecule has 2 amide bonds. The van der Waals surface area contributed by atoms with Gasteiger partial charge in [-0.2, -0.15) is 0 Å². The zero-order chi connectivity index (χ0) is 20.1. The van der Waals surface area contributed by atoms with Crippen molar-refractivity contribution in [1.29, 1.82) is 0 Å². The number of hydrogen-bond acceptors (Lipinski definition) is 3.